The Morgan fingerprint density at radius 2 is 1.50 bits per heavy atom. The van der Waals surface area contributed by atoms with Gasteiger partial charge in [0.2, 0.25) is 6.08 Å². The van der Waals surface area contributed by atoms with Gasteiger partial charge >= 0.3 is 11.9 Å². The van der Waals surface area contributed by atoms with Crippen LogP contribution in [-0.2, 0) is 23.9 Å². The van der Waals surface area contributed by atoms with Crippen molar-refractivity contribution < 1.29 is 23.9 Å². The zero-order valence-electron chi connectivity index (χ0n) is 18.5. The van der Waals surface area contributed by atoms with Gasteiger partial charge in [-0.25, -0.2) is 19.4 Å². The molecule has 0 aliphatic rings. The highest BCUT2D eigenvalue weighted by atomic mass is 16.6. The topological polar surface area (TPSA) is 82.0 Å². The van der Waals surface area contributed by atoms with Gasteiger partial charge in [-0.15, -0.1) is 0 Å². The van der Waals surface area contributed by atoms with Gasteiger partial charge < -0.3 is 9.47 Å². The Morgan fingerprint density at radius 3 is 1.93 bits per heavy atom. The van der Waals surface area contributed by atoms with E-state index in [-0.39, 0.29) is 12.0 Å². The molecule has 3 atom stereocenters. The third-order valence-corrected chi connectivity index (χ3v) is 4.53. The fourth-order valence-electron chi connectivity index (χ4n) is 3.58. The largest absolute Gasteiger partial charge is 0.459 e. The summed E-state index contributed by atoms with van der Waals surface area (Å²) in [6, 6.07) is -0.390. The molecule has 0 saturated carbocycles. The van der Waals surface area contributed by atoms with Crippen molar-refractivity contribution in [3.8, 4) is 0 Å². The second-order valence-electron chi connectivity index (χ2n) is 8.97. The van der Waals surface area contributed by atoms with Crippen molar-refractivity contribution in [3.63, 3.8) is 0 Å². The quantitative estimate of drug-likeness (QED) is 0.223. The van der Waals surface area contributed by atoms with E-state index in [1.165, 1.54) is 0 Å². The van der Waals surface area contributed by atoms with Gasteiger partial charge in [0.05, 0.1) is 12.1 Å². The molecule has 0 radical (unpaired) electrons. The first kappa shape index (κ1) is 25.8. The van der Waals surface area contributed by atoms with Gasteiger partial charge in [0, 0.05) is 11.1 Å². The summed E-state index contributed by atoms with van der Waals surface area (Å²) in [7, 11) is 0. The van der Waals surface area contributed by atoms with Crippen LogP contribution in [0.5, 0.6) is 0 Å². The van der Waals surface area contributed by atoms with Gasteiger partial charge in [0.1, 0.15) is 5.60 Å². The highest BCUT2D eigenvalue weighted by molar-refractivity contribution is 5.87. The summed E-state index contributed by atoms with van der Waals surface area (Å²) in [5, 5.41) is 0. The number of ether oxygens (including phenoxy) is 2. The van der Waals surface area contributed by atoms with Crippen molar-refractivity contribution in [2.75, 3.05) is 0 Å². The average Bonchev–Trinajstić information content (AvgIpc) is 2.50. The van der Waals surface area contributed by atoms with Crippen LogP contribution >= 0.6 is 0 Å². The standard InChI is InChI=1S/C22H35NO5/c1-14(2)19(25)27-17(6)12-21(7,8)18(23-13-24)16(5)11-22(9,10)28-20(26)15(3)4/h16-18H,1,3,11-12H2,2,4-10H3. The third-order valence-electron chi connectivity index (χ3n) is 4.53. The number of nitrogens with zero attached hydrogens (tertiary/aromatic N) is 1. The summed E-state index contributed by atoms with van der Waals surface area (Å²) in [6.07, 6.45) is 2.28. The molecule has 0 aliphatic carbocycles. The Kier molecular flexibility index (Phi) is 9.56. The van der Waals surface area contributed by atoms with E-state index in [0.29, 0.717) is 24.0 Å². The molecule has 0 heterocycles. The number of hydrogen-bond acceptors (Lipinski definition) is 6. The van der Waals surface area contributed by atoms with E-state index in [0.717, 1.165) is 0 Å². The minimum absolute atomic E-state index is 0.0894. The smallest absolute Gasteiger partial charge is 0.333 e. The van der Waals surface area contributed by atoms with Gasteiger partial charge in [-0.2, -0.15) is 0 Å². The SMILES string of the molecule is C=C(C)C(=O)OC(C)CC(C)(C)C(N=C=O)C(C)CC(C)(C)OC(=O)C(=C)C. The average molecular weight is 394 g/mol. The second-order valence-corrected chi connectivity index (χ2v) is 8.97. The summed E-state index contributed by atoms with van der Waals surface area (Å²) in [6.45, 7) is 21.7. The molecule has 0 aromatic heterocycles. The van der Waals surface area contributed by atoms with Crippen molar-refractivity contribution in [2.45, 2.75) is 86.0 Å². The van der Waals surface area contributed by atoms with E-state index < -0.39 is 29.0 Å². The zero-order valence-corrected chi connectivity index (χ0v) is 18.5. The predicted octanol–water partition coefficient (Wildman–Crippen LogP) is 4.54. The molecule has 3 unspecified atom stereocenters. The maximum absolute atomic E-state index is 11.9. The molecular formula is C22H35NO5. The zero-order chi connectivity index (χ0) is 22.3. The monoisotopic (exact) mass is 393 g/mol. The molecule has 0 aromatic rings. The Labute approximate surface area is 169 Å². The molecule has 0 aliphatic heterocycles. The minimum atomic E-state index is -0.750. The van der Waals surface area contributed by atoms with E-state index in [4.69, 9.17) is 9.47 Å². The fourth-order valence-corrected chi connectivity index (χ4v) is 3.58. The number of esters is 2. The molecule has 0 N–H and O–H groups in total. The summed E-state index contributed by atoms with van der Waals surface area (Å²) >= 11 is 0. The third kappa shape index (κ3) is 8.66. The van der Waals surface area contributed by atoms with E-state index in [9.17, 15) is 14.4 Å². The van der Waals surface area contributed by atoms with Gasteiger partial charge in [0.25, 0.3) is 0 Å². The van der Waals surface area contributed by atoms with Crippen molar-refractivity contribution in [1.82, 2.24) is 0 Å². The number of carbonyl (C=O) groups is 2. The number of rotatable bonds is 11. The number of hydrogen-bond donors (Lipinski definition) is 0. The Morgan fingerprint density at radius 1 is 1.00 bits per heavy atom. The summed E-state index contributed by atoms with van der Waals surface area (Å²) in [4.78, 5) is 38.7. The fraction of sp³-hybridized carbons (Fsp3) is 0.682. The lowest BCUT2D eigenvalue weighted by atomic mass is 9.72. The lowest BCUT2D eigenvalue weighted by Crippen LogP contribution is -2.40. The maximum atomic E-state index is 11.9. The number of isocyanates is 1. The summed E-state index contributed by atoms with van der Waals surface area (Å²) in [5.41, 5.74) is -0.543. The highest BCUT2D eigenvalue weighted by Crippen LogP contribution is 2.38. The molecule has 6 heteroatoms. The van der Waals surface area contributed by atoms with Crippen LogP contribution in [0.4, 0.5) is 0 Å². The van der Waals surface area contributed by atoms with Crippen LogP contribution in [0.25, 0.3) is 0 Å². The molecular weight excluding hydrogens is 358 g/mol. The van der Waals surface area contributed by atoms with E-state index in [2.05, 4.69) is 18.2 Å². The molecule has 0 saturated heterocycles. The maximum Gasteiger partial charge on any atom is 0.333 e. The molecule has 28 heavy (non-hydrogen) atoms. The molecule has 0 spiro atoms. The van der Waals surface area contributed by atoms with E-state index in [1.807, 2.05) is 34.6 Å². The molecule has 0 aromatic carbocycles. The normalized spacial score (nSPS) is 14.9. The van der Waals surface area contributed by atoms with E-state index >= 15 is 0 Å². The highest BCUT2D eigenvalue weighted by Gasteiger charge is 2.39. The minimum Gasteiger partial charge on any atom is -0.459 e. The van der Waals surface area contributed by atoms with Crippen LogP contribution < -0.4 is 0 Å². The summed E-state index contributed by atoms with van der Waals surface area (Å²) in [5.74, 6) is -0.986. The van der Waals surface area contributed by atoms with Crippen LogP contribution in [0.2, 0.25) is 0 Å². The molecule has 0 fully saturated rings. The molecule has 158 valence electrons. The molecule has 6 nitrogen and oxygen atoms in total. The van der Waals surface area contributed by atoms with Gasteiger partial charge in [-0.05, 0) is 58.8 Å². The van der Waals surface area contributed by atoms with Crippen molar-refractivity contribution in [3.05, 3.63) is 24.3 Å². The predicted molar refractivity (Wildman–Crippen MR) is 109 cm³/mol. The first-order chi connectivity index (χ1) is 12.6. The second kappa shape index (κ2) is 10.4. The van der Waals surface area contributed by atoms with Crippen molar-refractivity contribution in [1.29, 1.82) is 0 Å². The Bertz CT molecular complexity index is 656. The van der Waals surface area contributed by atoms with Gasteiger partial charge in [-0.3, -0.25) is 0 Å². The van der Waals surface area contributed by atoms with Gasteiger partial charge in [-0.1, -0.05) is 33.9 Å². The van der Waals surface area contributed by atoms with Crippen LogP contribution in [-0.4, -0.2) is 35.8 Å². The van der Waals surface area contributed by atoms with Crippen LogP contribution in [0.1, 0.15) is 68.2 Å². The Balaban J connectivity index is 5.32. The number of aliphatic imine (C=N–C) groups is 1. The summed E-state index contributed by atoms with van der Waals surface area (Å²) < 4.78 is 10.9. The van der Waals surface area contributed by atoms with Crippen LogP contribution in [0.3, 0.4) is 0 Å². The first-order valence-corrected chi connectivity index (χ1v) is 9.45. The molecule has 0 rings (SSSR count). The molecule has 0 bridgehead atoms. The van der Waals surface area contributed by atoms with Crippen LogP contribution in [0.15, 0.2) is 29.3 Å². The van der Waals surface area contributed by atoms with Crippen molar-refractivity contribution >= 4 is 18.0 Å². The number of carbonyl (C=O) groups excluding carboxylic acids is 3. The molecule has 0 amide bonds. The Hall–Kier alpha value is -2.20. The first-order valence-electron chi connectivity index (χ1n) is 9.45. The lowest BCUT2D eigenvalue weighted by molar-refractivity contribution is -0.153. The van der Waals surface area contributed by atoms with Crippen molar-refractivity contribution in [2.24, 2.45) is 16.3 Å². The van der Waals surface area contributed by atoms with E-state index in [1.54, 1.807) is 26.9 Å². The van der Waals surface area contributed by atoms with Gasteiger partial charge in [0.15, 0.2) is 0 Å². The van der Waals surface area contributed by atoms with Crippen LogP contribution in [0, 0.1) is 11.3 Å². The lowest BCUT2D eigenvalue weighted by Gasteiger charge is -2.38.